The van der Waals surface area contributed by atoms with Crippen LogP contribution in [0.4, 0.5) is 31.1 Å². The third-order valence-electron chi connectivity index (χ3n) is 6.76. The van der Waals surface area contributed by atoms with Crippen molar-refractivity contribution in [2.75, 3.05) is 0 Å². The van der Waals surface area contributed by atoms with Crippen molar-refractivity contribution < 1.29 is 35.9 Å². The van der Waals surface area contributed by atoms with E-state index in [2.05, 4.69) is 19.8 Å². The number of carbonyl (C=O) groups is 1. The number of hydrogen-bond donors (Lipinski definition) is 1. The lowest BCUT2D eigenvalue weighted by Crippen LogP contribution is -2.34. The number of hydrogen-bond acceptors (Lipinski definition) is 5. The van der Waals surface area contributed by atoms with Crippen LogP contribution in [0.25, 0.3) is 22.8 Å². The van der Waals surface area contributed by atoms with Gasteiger partial charge in [-0.25, -0.2) is 27.6 Å². The van der Waals surface area contributed by atoms with Crippen LogP contribution in [-0.2, 0) is 0 Å². The average molecular weight is 661 g/mol. The molecule has 2 heterocycles. The third-order valence-corrected chi connectivity index (χ3v) is 7.70. The molecule has 2 aromatic heterocycles. The van der Waals surface area contributed by atoms with E-state index in [1.165, 1.54) is 59.5 Å². The molecule has 5 rings (SSSR count). The number of amides is 2. The normalized spacial score (nSPS) is 13.6. The summed E-state index contributed by atoms with van der Waals surface area (Å²) in [6.45, 7) is 5.59. The van der Waals surface area contributed by atoms with E-state index in [0.717, 1.165) is 29.2 Å². The van der Waals surface area contributed by atoms with Gasteiger partial charge in [-0.05, 0) is 66.4 Å². The van der Waals surface area contributed by atoms with Crippen LogP contribution in [0.2, 0.25) is 0 Å². The molecule has 2 amide bonds. The van der Waals surface area contributed by atoms with Gasteiger partial charge in [-0.2, -0.15) is 4.99 Å². The molecule has 5 aromatic rings. The van der Waals surface area contributed by atoms with Gasteiger partial charge in [0.15, 0.2) is 16.8 Å². The predicted molar refractivity (Wildman–Crippen MR) is 159 cm³/mol. The summed E-state index contributed by atoms with van der Waals surface area (Å²) in [6.07, 6.45) is -8.11. The van der Waals surface area contributed by atoms with E-state index in [-0.39, 0.29) is 27.9 Å². The Balaban J connectivity index is 1.26. The Morgan fingerprint density at radius 2 is 1.72 bits per heavy atom. The summed E-state index contributed by atoms with van der Waals surface area (Å²) in [4.78, 5) is 21.0. The SMILES string of the molecule is Cc1csc(=NC(=O)NC(F)C(F)c2ccc(-c3ncn(-c4ccc(OC(F)(F)F)cc4)n3)cc2)n1-c1ccc(F)cc1C(C)C. The van der Waals surface area contributed by atoms with E-state index < -0.39 is 30.7 Å². The number of aryl methyl sites for hydroxylation is 1. The zero-order chi connectivity index (χ0) is 33.2. The molecule has 0 saturated heterocycles. The van der Waals surface area contributed by atoms with Gasteiger partial charge in [-0.15, -0.1) is 29.6 Å². The molecule has 2 atom stereocenters. The van der Waals surface area contributed by atoms with Gasteiger partial charge in [-0.3, -0.25) is 4.57 Å². The minimum absolute atomic E-state index is 0.0397. The molecule has 2 unspecified atom stereocenters. The summed E-state index contributed by atoms with van der Waals surface area (Å²) in [5.41, 5.74) is 2.84. The molecule has 0 radical (unpaired) electrons. The summed E-state index contributed by atoms with van der Waals surface area (Å²) < 4.78 is 87.9. The molecule has 8 nitrogen and oxygen atoms in total. The monoisotopic (exact) mass is 660 g/mol. The average Bonchev–Trinajstić information content (AvgIpc) is 3.63. The van der Waals surface area contributed by atoms with Crippen molar-refractivity contribution in [2.45, 2.75) is 45.5 Å². The van der Waals surface area contributed by atoms with Crippen molar-refractivity contribution in [1.82, 2.24) is 24.6 Å². The minimum atomic E-state index is -4.81. The molecule has 3 aromatic carbocycles. The summed E-state index contributed by atoms with van der Waals surface area (Å²) in [5.74, 6) is -0.609. The second-order valence-corrected chi connectivity index (χ2v) is 11.2. The second kappa shape index (κ2) is 13.2. The Kier molecular flexibility index (Phi) is 9.32. The number of thiazole rings is 1. The Labute approximate surface area is 262 Å². The molecule has 0 bridgehead atoms. The number of ether oxygens (including phenoxy) is 1. The maximum Gasteiger partial charge on any atom is 0.573 e. The highest BCUT2D eigenvalue weighted by atomic mass is 32.1. The number of carbonyl (C=O) groups excluding carboxylic acids is 1. The van der Waals surface area contributed by atoms with Crippen molar-refractivity contribution in [3.63, 3.8) is 0 Å². The quantitative estimate of drug-likeness (QED) is 0.136. The fraction of sp³-hybridized carbons (Fsp3) is 0.226. The van der Waals surface area contributed by atoms with E-state index in [1.54, 1.807) is 22.9 Å². The highest BCUT2D eigenvalue weighted by Crippen LogP contribution is 2.27. The van der Waals surface area contributed by atoms with Crippen molar-refractivity contribution in [2.24, 2.45) is 4.99 Å². The lowest BCUT2D eigenvalue weighted by Gasteiger charge is -2.16. The van der Waals surface area contributed by atoms with Crippen LogP contribution in [0.3, 0.4) is 0 Å². The summed E-state index contributed by atoms with van der Waals surface area (Å²) >= 11 is 1.12. The van der Waals surface area contributed by atoms with Gasteiger partial charge in [0, 0.05) is 16.6 Å². The van der Waals surface area contributed by atoms with Crippen LogP contribution >= 0.6 is 11.3 Å². The van der Waals surface area contributed by atoms with Crippen molar-refractivity contribution >= 4 is 17.4 Å². The van der Waals surface area contributed by atoms with Crippen LogP contribution in [0, 0.1) is 12.7 Å². The first-order valence-electron chi connectivity index (χ1n) is 13.8. The number of nitrogens with zero attached hydrogens (tertiary/aromatic N) is 5. The van der Waals surface area contributed by atoms with Crippen LogP contribution in [0.15, 0.2) is 83.4 Å². The first-order chi connectivity index (χ1) is 21.8. The molecular weight excluding hydrogens is 634 g/mol. The lowest BCUT2D eigenvalue weighted by molar-refractivity contribution is -0.274. The molecule has 0 aliphatic heterocycles. The summed E-state index contributed by atoms with van der Waals surface area (Å²) in [7, 11) is 0. The highest BCUT2D eigenvalue weighted by molar-refractivity contribution is 7.07. The van der Waals surface area contributed by atoms with E-state index in [1.807, 2.05) is 19.2 Å². The van der Waals surface area contributed by atoms with Gasteiger partial charge in [0.25, 0.3) is 0 Å². The van der Waals surface area contributed by atoms with Gasteiger partial charge in [0.1, 0.15) is 17.9 Å². The van der Waals surface area contributed by atoms with Gasteiger partial charge in [0.2, 0.25) is 6.30 Å². The lowest BCUT2D eigenvalue weighted by atomic mass is 10.0. The van der Waals surface area contributed by atoms with E-state index >= 15 is 4.39 Å². The van der Waals surface area contributed by atoms with Crippen LogP contribution < -0.4 is 14.9 Å². The maximum atomic E-state index is 15.1. The van der Waals surface area contributed by atoms with Crippen LogP contribution in [0.5, 0.6) is 5.75 Å². The fourth-order valence-corrected chi connectivity index (χ4v) is 5.44. The first-order valence-corrected chi connectivity index (χ1v) is 14.7. The second-order valence-electron chi connectivity index (χ2n) is 10.4. The number of rotatable bonds is 8. The van der Waals surface area contributed by atoms with Crippen molar-refractivity contribution in [3.05, 3.63) is 106 Å². The molecule has 1 N–H and O–H groups in total. The number of nitrogens with one attached hydrogen (secondary N) is 1. The third kappa shape index (κ3) is 7.47. The molecular formula is C31H26F6N6O2S. The molecule has 0 spiro atoms. The topological polar surface area (TPSA) is 86.3 Å². The number of urea groups is 1. The number of alkyl halides is 5. The smallest absolute Gasteiger partial charge is 0.406 e. The van der Waals surface area contributed by atoms with Crippen molar-refractivity contribution in [3.8, 4) is 28.5 Å². The van der Waals surface area contributed by atoms with E-state index in [4.69, 9.17) is 0 Å². The van der Waals surface area contributed by atoms with E-state index in [0.29, 0.717) is 22.5 Å². The van der Waals surface area contributed by atoms with Crippen LogP contribution in [0.1, 0.15) is 42.8 Å². The maximum absolute atomic E-state index is 15.1. The Hall–Kier alpha value is -4.92. The number of benzene rings is 3. The molecule has 15 heteroatoms. The highest BCUT2D eigenvalue weighted by Gasteiger charge is 2.31. The summed E-state index contributed by atoms with van der Waals surface area (Å²) in [6, 6.07) is 13.7. The molecule has 0 fully saturated rings. The summed E-state index contributed by atoms with van der Waals surface area (Å²) in [5, 5.41) is 7.95. The first kappa shape index (κ1) is 32.5. The molecule has 0 saturated carbocycles. The van der Waals surface area contributed by atoms with Gasteiger partial charge in [-0.1, -0.05) is 38.1 Å². The zero-order valence-corrected chi connectivity index (χ0v) is 25.3. The van der Waals surface area contributed by atoms with Gasteiger partial charge < -0.3 is 10.1 Å². The Morgan fingerprint density at radius 3 is 2.37 bits per heavy atom. The fourth-order valence-electron chi connectivity index (χ4n) is 4.57. The molecule has 0 aliphatic rings. The molecule has 46 heavy (non-hydrogen) atoms. The van der Waals surface area contributed by atoms with Gasteiger partial charge in [0.05, 0.1) is 11.4 Å². The molecule has 240 valence electrons. The van der Waals surface area contributed by atoms with Gasteiger partial charge >= 0.3 is 12.4 Å². The zero-order valence-electron chi connectivity index (χ0n) is 24.5. The number of halogens is 6. The van der Waals surface area contributed by atoms with E-state index in [9.17, 15) is 26.7 Å². The number of aromatic nitrogens is 4. The minimum Gasteiger partial charge on any atom is -0.406 e. The standard InChI is InChI=1S/C31H26F6N6O2S/c1-17(2)24-14-21(32)8-13-25(24)43-18(3)15-46-30(43)40-29(44)39-27(34)26(33)19-4-6-20(7-5-19)28-38-16-42(41-28)22-9-11-23(12-10-22)45-31(35,36)37/h4-17,26-27H,1-3H3,(H,39,44). The Bertz CT molecular complexity index is 1900. The molecule has 0 aliphatic carbocycles. The Morgan fingerprint density at radius 1 is 1.02 bits per heavy atom. The predicted octanol–water partition coefficient (Wildman–Crippen LogP) is 7.87. The largest absolute Gasteiger partial charge is 0.573 e. The van der Waals surface area contributed by atoms with Crippen molar-refractivity contribution in [1.29, 1.82) is 0 Å². The van der Waals surface area contributed by atoms with Crippen LogP contribution in [-0.4, -0.2) is 38.0 Å².